The highest BCUT2D eigenvalue weighted by Crippen LogP contribution is 2.13. The summed E-state index contributed by atoms with van der Waals surface area (Å²) in [5.74, 6) is 0.724. The van der Waals surface area contributed by atoms with Crippen LogP contribution in [0, 0.1) is 0 Å². The van der Waals surface area contributed by atoms with E-state index in [4.69, 9.17) is 0 Å². The number of rotatable bonds is 8. The minimum atomic E-state index is 0. The Hall–Kier alpha value is -2.46. The standard InChI is InChI=1S/C21H26N6O.HI/c1-22-21(25-12-20(14-28)19-8-3-2-4-9-19)24-11-17-6-5-7-18(10-17)13-27-16-23-15-26-27;/h2-10,15-16,20,28H,11-14H2,1H3,(H2,22,24,25);1H. The summed E-state index contributed by atoms with van der Waals surface area (Å²) in [7, 11) is 1.74. The zero-order valence-corrected chi connectivity index (χ0v) is 18.7. The molecule has 0 saturated carbocycles. The summed E-state index contributed by atoms with van der Waals surface area (Å²) in [5.41, 5.74) is 3.42. The van der Waals surface area contributed by atoms with Gasteiger partial charge >= 0.3 is 0 Å². The van der Waals surface area contributed by atoms with Crippen LogP contribution in [-0.2, 0) is 13.1 Å². The molecule has 29 heavy (non-hydrogen) atoms. The quantitative estimate of drug-likeness (QED) is 0.248. The minimum Gasteiger partial charge on any atom is -0.396 e. The number of aliphatic imine (C=N–C) groups is 1. The van der Waals surface area contributed by atoms with Gasteiger partial charge in [-0.15, -0.1) is 24.0 Å². The van der Waals surface area contributed by atoms with Gasteiger partial charge in [-0.1, -0.05) is 54.6 Å². The Bertz CT molecular complexity index is 870. The van der Waals surface area contributed by atoms with Crippen molar-refractivity contribution in [3.63, 3.8) is 0 Å². The minimum absolute atomic E-state index is 0. The number of nitrogens with zero attached hydrogens (tertiary/aromatic N) is 4. The summed E-state index contributed by atoms with van der Waals surface area (Å²) in [5, 5.41) is 20.5. The van der Waals surface area contributed by atoms with Gasteiger partial charge in [0, 0.05) is 26.1 Å². The van der Waals surface area contributed by atoms with Gasteiger partial charge in [0.15, 0.2) is 5.96 Å². The normalized spacial score (nSPS) is 12.1. The molecular formula is C21H27IN6O. The molecule has 0 aliphatic rings. The smallest absolute Gasteiger partial charge is 0.191 e. The highest BCUT2D eigenvalue weighted by atomic mass is 127. The number of nitrogens with one attached hydrogen (secondary N) is 2. The Morgan fingerprint density at radius 1 is 1.10 bits per heavy atom. The van der Waals surface area contributed by atoms with Crippen LogP contribution in [0.1, 0.15) is 22.6 Å². The second-order valence-electron chi connectivity index (χ2n) is 6.51. The lowest BCUT2D eigenvalue weighted by molar-refractivity contribution is 0.265. The van der Waals surface area contributed by atoms with Gasteiger partial charge in [0.25, 0.3) is 0 Å². The molecule has 0 saturated heterocycles. The van der Waals surface area contributed by atoms with Crippen molar-refractivity contribution in [2.75, 3.05) is 20.2 Å². The molecule has 1 heterocycles. The number of hydrogen-bond donors (Lipinski definition) is 3. The number of benzene rings is 2. The highest BCUT2D eigenvalue weighted by Gasteiger charge is 2.10. The fourth-order valence-electron chi connectivity index (χ4n) is 2.98. The number of guanidine groups is 1. The second-order valence-corrected chi connectivity index (χ2v) is 6.51. The fraction of sp³-hybridized carbons (Fsp3) is 0.286. The maximum Gasteiger partial charge on any atom is 0.191 e. The van der Waals surface area contributed by atoms with Crippen LogP contribution in [0.5, 0.6) is 0 Å². The predicted octanol–water partition coefficient (Wildman–Crippen LogP) is 2.39. The molecule has 0 spiro atoms. The number of aromatic nitrogens is 3. The summed E-state index contributed by atoms with van der Waals surface area (Å²) < 4.78 is 1.80. The summed E-state index contributed by atoms with van der Waals surface area (Å²) in [6.45, 7) is 2.03. The monoisotopic (exact) mass is 506 g/mol. The molecule has 0 bridgehead atoms. The zero-order valence-electron chi connectivity index (χ0n) is 16.4. The van der Waals surface area contributed by atoms with Crippen LogP contribution < -0.4 is 10.6 Å². The van der Waals surface area contributed by atoms with E-state index in [1.54, 1.807) is 18.1 Å². The molecule has 0 radical (unpaired) electrons. The van der Waals surface area contributed by atoms with Crippen molar-refractivity contribution < 1.29 is 5.11 Å². The predicted molar refractivity (Wildman–Crippen MR) is 125 cm³/mol. The van der Waals surface area contributed by atoms with Gasteiger partial charge in [0.1, 0.15) is 12.7 Å². The third-order valence-corrected chi connectivity index (χ3v) is 4.49. The lowest BCUT2D eigenvalue weighted by Gasteiger charge is -2.18. The van der Waals surface area contributed by atoms with E-state index in [1.807, 2.05) is 36.4 Å². The van der Waals surface area contributed by atoms with Gasteiger partial charge in [-0.05, 0) is 16.7 Å². The molecule has 1 atom stereocenters. The van der Waals surface area contributed by atoms with Gasteiger partial charge in [0.2, 0.25) is 0 Å². The Kier molecular flexibility index (Phi) is 9.58. The van der Waals surface area contributed by atoms with Crippen LogP contribution in [0.15, 0.2) is 72.2 Å². The van der Waals surface area contributed by atoms with Crippen LogP contribution in [0.2, 0.25) is 0 Å². The molecule has 0 aliphatic carbocycles. The van der Waals surface area contributed by atoms with E-state index in [0.717, 1.165) is 16.7 Å². The maximum atomic E-state index is 9.70. The Morgan fingerprint density at radius 3 is 2.59 bits per heavy atom. The SMILES string of the molecule is CN=C(NCc1cccc(Cn2cncn2)c1)NCC(CO)c1ccccc1.I. The molecule has 3 rings (SSSR count). The van der Waals surface area contributed by atoms with Crippen LogP contribution >= 0.6 is 24.0 Å². The fourth-order valence-corrected chi connectivity index (χ4v) is 2.98. The lowest BCUT2D eigenvalue weighted by atomic mass is 10.0. The van der Waals surface area contributed by atoms with E-state index in [9.17, 15) is 5.11 Å². The van der Waals surface area contributed by atoms with Crippen molar-refractivity contribution in [2.45, 2.75) is 19.0 Å². The average molecular weight is 506 g/mol. The van der Waals surface area contributed by atoms with E-state index in [1.165, 1.54) is 6.33 Å². The largest absolute Gasteiger partial charge is 0.396 e. The van der Waals surface area contributed by atoms with Gasteiger partial charge in [-0.3, -0.25) is 4.99 Å². The Balaban J connectivity index is 0.00000300. The summed E-state index contributed by atoms with van der Waals surface area (Å²) >= 11 is 0. The highest BCUT2D eigenvalue weighted by molar-refractivity contribution is 14.0. The van der Waals surface area contributed by atoms with Gasteiger partial charge in [-0.25, -0.2) is 9.67 Å². The van der Waals surface area contributed by atoms with E-state index < -0.39 is 0 Å². The van der Waals surface area contributed by atoms with Crippen LogP contribution in [-0.4, -0.2) is 46.0 Å². The number of halogens is 1. The van der Waals surface area contributed by atoms with Crippen molar-refractivity contribution in [2.24, 2.45) is 4.99 Å². The molecule has 1 aromatic heterocycles. The first-order valence-electron chi connectivity index (χ1n) is 9.29. The Labute approximate surface area is 188 Å². The van der Waals surface area contributed by atoms with E-state index >= 15 is 0 Å². The molecule has 0 aliphatic heterocycles. The van der Waals surface area contributed by atoms with E-state index in [-0.39, 0.29) is 36.5 Å². The number of aliphatic hydroxyl groups excluding tert-OH is 1. The third-order valence-electron chi connectivity index (χ3n) is 4.49. The molecular weight excluding hydrogens is 479 g/mol. The van der Waals surface area contributed by atoms with Gasteiger partial charge in [0.05, 0.1) is 13.2 Å². The van der Waals surface area contributed by atoms with E-state index in [2.05, 4.69) is 43.9 Å². The van der Waals surface area contributed by atoms with Crippen molar-refractivity contribution in [1.29, 1.82) is 0 Å². The first-order chi connectivity index (χ1) is 13.8. The summed E-state index contributed by atoms with van der Waals surface area (Å²) in [4.78, 5) is 8.25. The molecule has 2 aromatic carbocycles. The summed E-state index contributed by atoms with van der Waals surface area (Å²) in [6, 6.07) is 18.3. The molecule has 3 aromatic rings. The molecule has 1 unspecified atom stereocenters. The van der Waals surface area contributed by atoms with Crippen molar-refractivity contribution >= 4 is 29.9 Å². The molecule has 7 nitrogen and oxygen atoms in total. The molecule has 3 N–H and O–H groups in total. The Morgan fingerprint density at radius 2 is 1.90 bits per heavy atom. The number of aliphatic hydroxyl groups is 1. The van der Waals surface area contributed by atoms with Crippen LogP contribution in [0.4, 0.5) is 0 Å². The number of hydrogen-bond acceptors (Lipinski definition) is 4. The second kappa shape index (κ2) is 12.2. The molecule has 0 amide bonds. The summed E-state index contributed by atoms with van der Waals surface area (Å²) in [6.07, 6.45) is 3.25. The first kappa shape index (κ1) is 22.8. The van der Waals surface area contributed by atoms with Crippen molar-refractivity contribution in [3.05, 3.63) is 83.9 Å². The van der Waals surface area contributed by atoms with Crippen LogP contribution in [0.25, 0.3) is 0 Å². The zero-order chi connectivity index (χ0) is 19.6. The van der Waals surface area contributed by atoms with Crippen molar-refractivity contribution in [3.8, 4) is 0 Å². The molecule has 154 valence electrons. The topological polar surface area (TPSA) is 87.4 Å². The first-order valence-corrected chi connectivity index (χ1v) is 9.29. The lowest BCUT2D eigenvalue weighted by Crippen LogP contribution is -2.39. The van der Waals surface area contributed by atoms with E-state index in [0.29, 0.717) is 25.6 Å². The van der Waals surface area contributed by atoms with Gasteiger partial charge < -0.3 is 15.7 Å². The van der Waals surface area contributed by atoms with Crippen molar-refractivity contribution in [1.82, 2.24) is 25.4 Å². The van der Waals surface area contributed by atoms with Gasteiger partial charge in [-0.2, -0.15) is 5.10 Å². The van der Waals surface area contributed by atoms with Crippen LogP contribution in [0.3, 0.4) is 0 Å². The molecule has 0 fully saturated rings. The third kappa shape index (κ3) is 7.13. The maximum absolute atomic E-state index is 9.70. The molecule has 8 heteroatoms. The average Bonchev–Trinajstić information content (AvgIpc) is 3.25.